The zero-order valence-corrected chi connectivity index (χ0v) is 8.59. The van der Waals surface area contributed by atoms with E-state index in [1.54, 1.807) is 13.8 Å². The lowest BCUT2D eigenvalue weighted by atomic mass is 10.1. The SMILES string of the molecule is CC(C)OC(=O)Cc1ccc(F)c(F)c1. The van der Waals surface area contributed by atoms with E-state index >= 15 is 0 Å². The highest BCUT2D eigenvalue weighted by molar-refractivity contribution is 5.72. The maximum absolute atomic E-state index is 12.8. The molecule has 0 saturated heterocycles. The van der Waals surface area contributed by atoms with Gasteiger partial charge in [-0.1, -0.05) is 6.07 Å². The van der Waals surface area contributed by atoms with E-state index in [-0.39, 0.29) is 12.5 Å². The Bertz CT molecular complexity index is 362. The molecular weight excluding hydrogens is 202 g/mol. The predicted octanol–water partition coefficient (Wildman–Crippen LogP) is 2.46. The molecule has 0 aliphatic rings. The van der Waals surface area contributed by atoms with Crippen molar-refractivity contribution in [1.29, 1.82) is 0 Å². The third-order valence-corrected chi connectivity index (χ3v) is 1.70. The van der Waals surface area contributed by atoms with E-state index in [0.29, 0.717) is 5.56 Å². The fourth-order valence-electron chi connectivity index (χ4n) is 1.12. The third kappa shape index (κ3) is 3.65. The summed E-state index contributed by atoms with van der Waals surface area (Å²) in [7, 11) is 0. The summed E-state index contributed by atoms with van der Waals surface area (Å²) in [5.74, 6) is -2.32. The molecule has 1 aromatic rings. The van der Waals surface area contributed by atoms with Crippen molar-refractivity contribution in [3.8, 4) is 0 Å². The van der Waals surface area contributed by atoms with Gasteiger partial charge in [-0.05, 0) is 31.5 Å². The van der Waals surface area contributed by atoms with Gasteiger partial charge in [0.25, 0.3) is 0 Å². The van der Waals surface area contributed by atoms with Crippen LogP contribution in [0.2, 0.25) is 0 Å². The van der Waals surface area contributed by atoms with Crippen LogP contribution in [0.1, 0.15) is 19.4 Å². The molecule has 0 aliphatic heterocycles. The van der Waals surface area contributed by atoms with Gasteiger partial charge in [-0.25, -0.2) is 8.78 Å². The summed E-state index contributed by atoms with van der Waals surface area (Å²) in [6.07, 6.45) is -0.252. The van der Waals surface area contributed by atoms with Crippen LogP contribution in [-0.2, 0) is 16.0 Å². The number of carbonyl (C=O) groups excluding carboxylic acids is 1. The highest BCUT2D eigenvalue weighted by Crippen LogP contribution is 2.10. The molecule has 0 radical (unpaired) electrons. The monoisotopic (exact) mass is 214 g/mol. The smallest absolute Gasteiger partial charge is 0.310 e. The van der Waals surface area contributed by atoms with E-state index in [1.165, 1.54) is 6.07 Å². The van der Waals surface area contributed by atoms with Crippen molar-refractivity contribution in [1.82, 2.24) is 0 Å². The number of ether oxygens (including phenoxy) is 1. The number of rotatable bonds is 3. The van der Waals surface area contributed by atoms with Gasteiger partial charge in [0.2, 0.25) is 0 Å². The van der Waals surface area contributed by atoms with Crippen LogP contribution in [0.3, 0.4) is 0 Å². The minimum Gasteiger partial charge on any atom is -0.463 e. The van der Waals surface area contributed by atoms with Gasteiger partial charge in [0, 0.05) is 0 Å². The summed E-state index contributed by atoms with van der Waals surface area (Å²) < 4.78 is 30.2. The van der Waals surface area contributed by atoms with Crippen molar-refractivity contribution in [2.45, 2.75) is 26.4 Å². The fourth-order valence-corrected chi connectivity index (χ4v) is 1.12. The first-order valence-electron chi connectivity index (χ1n) is 4.62. The molecule has 0 spiro atoms. The first kappa shape index (κ1) is 11.6. The Morgan fingerprint density at radius 1 is 1.33 bits per heavy atom. The third-order valence-electron chi connectivity index (χ3n) is 1.70. The molecule has 0 fully saturated rings. The van der Waals surface area contributed by atoms with Crippen LogP contribution >= 0.6 is 0 Å². The average molecular weight is 214 g/mol. The number of esters is 1. The minimum atomic E-state index is -0.954. The summed E-state index contributed by atoms with van der Waals surface area (Å²) in [5.41, 5.74) is 0.402. The van der Waals surface area contributed by atoms with E-state index in [2.05, 4.69) is 0 Å². The molecule has 0 unspecified atom stereocenters. The highest BCUT2D eigenvalue weighted by Gasteiger charge is 2.09. The lowest BCUT2D eigenvalue weighted by molar-refractivity contribution is -0.146. The van der Waals surface area contributed by atoms with Crippen molar-refractivity contribution in [2.75, 3.05) is 0 Å². The van der Waals surface area contributed by atoms with Crippen LogP contribution in [0.4, 0.5) is 8.78 Å². The number of hydrogen-bond acceptors (Lipinski definition) is 2. The molecule has 15 heavy (non-hydrogen) atoms. The number of benzene rings is 1. The summed E-state index contributed by atoms with van der Waals surface area (Å²) in [5, 5.41) is 0. The van der Waals surface area contributed by atoms with Crippen LogP contribution in [0.15, 0.2) is 18.2 Å². The van der Waals surface area contributed by atoms with Crippen molar-refractivity contribution in [3.05, 3.63) is 35.4 Å². The van der Waals surface area contributed by atoms with Gasteiger partial charge in [0.05, 0.1) is 12.5 Å². The maximum atomic E-state index is 12.8. The van der Waals surface area contributed by atoms with E-state index in [1.807, 2.05) is 0 Å². The van der Waals surface area contributed by atoms with Gasteiger partial charge in [-0.2, -0.15) is 0 Å². The van der Waals surface area contributed by atoms with Gasteiger partial charge in [0.1, 0.15) is 0 Å². The van der Waals surface area contributed by atoms with E-state index < -0.39 is 17.6 Å². The molecule has 0 amide bonds. The first-order valence-corrected chi connectivity index (χ1v) is 4.62. The Morgan fingerprint density at radius 3 is 2.53 bits per heavy atom. The van der Waals surface area contributed by atoms with Gasteiger partial charge < -0.3 is 4.74 Å². The average Bonchev–Trinajstić information content (AvgIpc) is 2.10. The van der Waals surface area contributed by atoms with E-state index in [9.17, 15) is 13.6 Å². The molecule has 82 valence electrons. The Morgan fingerprint density at radius 2 is 2.00 bits per heavy atom. The summed E-state index contributed by atoms with van der Waals surface area (Å²) in [6.45, 7) is 3.45. The summed E-state index contributed by atoms with van der Waals surface area (Å²) >= 11 is 0. The second-order valence-corrected chi connectivity index (χ2v) is 3.46. The lowest BCUT2D eigenvalue weighted by Gasteiger charge is -2.07. The number of hydrogen-bond donors (Lipinski definition) is 0. The molecule has 1 aromatic carbocycles. The van der Waals surface area contributed by atoms with Crippen molar-refractivity contribution >= 4 is 5.97 Å². The van der Waals surface area contributed by atoms with E-state index in [0.717, 1.165) is 12.1 Å². The Kier molecular flexibility index (Phi) is 3.77. The fraction of sp³-hybridized carbons (Fsp3) is 0.364. The van der Waals surface area contributed by atoms with Gasteiger partial charge in [-0.3, -0.25) is 4.79 Å². The van der Waals surface area contributed by atoms with Gasteiger partial charge in [-0.15, -0.1) is 0 Å². The number of halogens is 2. The Balaban J connectivity index is 2.65. The quantitative estimate of drug-likeness (QED) is 0.722. The molecule has 0 aliphatic carbocycles. The van der Waals surface area contributed by atoms with Crippen LogP contribution in [0.25, 0.3) is 0 Å². The normalized spacial score (nSPS) is 10.5. The van der Waals surface area contributed by atoms with Crippen LogP contribution in [0, 0.1) is 11.6 Å². The standard InChI is InChI=1S/C11H12F2O2/c1-7(2)15-11(14)6-8-3-4-9(12)10(13)5-8/h3-5,7H,6H2,1-2H3. The Labute approximate surface area is 86.9 Å². The molecule has 0 heterocycles. The van der Waals surface area contributed by atoms with Gasteiger partial charge >= 0.3 is 5.97 Å². The second kappa shape index (κ2) is 4.87. The van der Waals surface area contributed by atoms with Crippen LogP contribution < -0.4 is 0 Å². The second-order valence-electron chi connectivity index (χ2n) is 3.46. The zero-order chi connectivity index (χ0) is 11.4. The van der Waals surface area contributed by atoms with Gasteiger partial charge in [0.15, 0.2) is 11.6 Å². The van der Waals surface area contributed by atoms with Crippen molar-refractivity contribution < 1.29 is 18.3 Å². The highest BCUT2D eigenvalue weighted by atomic mass is 19.2. The summed E-state index contributed by atoms with van der Waals surface area (Å²) in [4.78, 5) is 11.2. The number of carbonyl (C=O) groups is 1. The van der Waals surface area contributed by atoms with Crippen LogP contribution in [-0.4, -0.2) is 12.1 Å². The molecule has 0 bridgehead atoms. The van der Waals surface area contributed by atoms with Crippen LogP contribution in [0.5, 0.6) is 0 Å². The lowest BCUT2D eigenvalue weighted by Crippen LogP contribution is -2.13. The predicted molar refractivity (Wildman–Crippen MR) is 51.3 cm³/mol. The molecule has 0 aromatic heterocycles. The molecule has 1 rings (SSSR count). The zero-order valence-electron chi connectivity index (χ0n) is 8.59. The Hall–Kier alpha value is -1.45. The molecule has 0 atom stereocenters. The minimum absolute atomic E-state index is 0.0463. The molecule has 0 saturated carbocycles. The first-order chi connectivity index (χ1) is 6.99. The summed E-state index contributed by atoms with van der Waals surface area (Å²) in [6, 6.07) is 3.35. The molecule has 0 N–H and O–H groups in total. The maximum Gasteiger partial charge on any atom is 0.310 e. The molecule has 2 nitrogen and oxygen atoms in total. The van der Waals surface area contributed by atoms with E-state index in [4.69, 9.17) is 4.74 Å². The molecule has 4 heteroatoms. The largest absolute Gasteiger partial charge is 0.463 e. The molecular formula is C11H12F2O2. The topological polar surface area (TPSA) is 26.3 Å². The van der Waals surface area contributed by atoms with Crippen molar-refractivity contribution in [2.24, 2.45) is 0 Å². The van der Waals surface area contributed by atoms with Crippen molar-refractivity contribution in [3.63, 3.8) is 0 Å².